The number of hydroxylamine groups is 2. The molecule has 2 amide bonds. The molecular formula is C16H14N2O3. The zero-order chi connectivity index (χ0) is 14.8. The first-order valence-electron chi connectivity index (χ1n) is 6.62. The molecular weight excluding hydrogens is 268 g/mol. The molecule has 106 valence electrons. The summed E-state index contributed by atoms with van der Waals surface area (Å²) in [6, 6.07) is 14.1. The fourth-order valence-electron chi connectivity index (χ4n) is 2.22. The van der Waals surface area contributed by atoms with Crippen molar-refractivity contribution in [2.75, 3.05) is 12.3 Å². The third kappa shape index (κ3) is 2.51. The van der Waals surface area contributed by atoms with Gasteiger partial charge in [0.05, 0.1) is 17.7 Å². The Bertz CT molecular complexity index is 660. The summed E-state index contributed by atoms with van der Waals surface area (Å²) in [5.74, 6) is -0.819. The van der Waals surface area contributed by atoms with Gasteiger partial charge in [0, 0.05) is 5.69 Å². The van der Waals surface area contributed by atoms with Crippen molar-refractivity contribution in [1.29, 1.82) is 0 Å². The Hall–Kier alpha value is -2.66. The second-order valence-corrected chi connectivity index (χ2v) is 4.78. The minimum Gasteiger partial charge on any atom is -0.399 e. The molecule has 0 saturated heterocycles. The highest BCUT2D eigenvalue weighted by Gasteiger charge is 2.36. The van der Waals surface area contributed by atoms with Crippen molar-refractivity contribution in [2.24, 2.45) is 0 Å². The fraction of sp³-hybridized carbons (Fsp3) is 0.125. The number of carbonyl (C=O) groups excluding carboxylic acids is 2. The number of fused-ring (bicyclic) bond motifs is 1. The van der Waals surface area contributed by atoms with E-state index in [0.717, 1.165) is 10.6 Å². The minimum atomic E-state index is -0.409. The van der Waals surface area contributed by atoms with Crippen molar-refractivity contribution in [3.05, 3.63) is 65.2 Å². The second kappa shape index (κ2) is 5.38. The molecule has 5 nitrogen and oxygen atoms in total. The summed E-state index contributed by atoms with van der Waals surface area (Å²) in [6.45, 7) is 0.245. The molecule has 1 aliphatic heterocycles. The minimum absolute atomic E-state index is 0.245. The maximum atomic E-state index is 12.1. The highest BCUT2D eigenvalue weighted by molar-refractivity contribution is 6.20. The Morgan fingerprint density at radius 2 is 1.48 bits per heavy atom. The summed E-state index contributed by atoms with van der Waals surface area (Å²) in [4.78, 5) is 29.5. The number of hydrogen-bond acceptors (Lipinski definition) is 4. The van der Waals surface area contributed by atoms with E-state index in [1.54, 1.807) is 36.4 Å². The number of hydrogen-bond donors (Lipinski definition) is 1. The van der Waals surface area contributed by atoms with Gasteiger partial charge in [-0.2, -0.15) is 0 Å². The van der Waals surface area contributed by atoms with Crippen molar-refractivity contribution < 1.29 is 14.4 Å². The SMILES string of the molecule is Nc1ccc(CCON2C(=O)c3ccccc3C2=O)cc1. The lowest BCUT2D eigenvalue weighted by Crippen LogP contribution is -2.30. The van der Waals surface area contributed by atoms with E-state index < -0.39 is 11.8 Å². The van der Waals surface area contributed by atoms with Gasteiger partial charge >= 0.3 is 0 Å². The van der Waals surface area contributed by atoms with E-state index >= 15 is 0 Å². The predicted octanol–water partition coefficient (Wildman–Crippen LogP) is 2.04. The summed E-state index contributed by atoms with van der Waals surface area (Å²) in [5.41, 5.74) is 8.10. The van der Waals surface area contributed by atoms with Gasteiger partial charge in [0.2, 0.25) is 0 Å². The van der Waals surface area contributed by atoms with Crippen LogP contribution in [0.4, 0.5) is 5.69 Å². The average Bonchev–Trinajstić information content (AvgIpc) is 2.75. The van der Waals surface area contributed by atoms with Crippen LogP contribution in [0, 0.1) is 0 Å². The van der Waals surface area contributed by atoms with E-state index in [-0.39, 0.29) is 6.61 Å². The molecule has 0 fully saturated rings. The highest BCUT2D eigenvalue weighted by atomic mass is 16.7. The molecule has 0 spiro atoms. The molecule has 1 heterocycles. The van der Waals surface area contributed by atoms with Gasteiger partial charge in [0.25, 0.3) is 11.8 Å². The number of anilines is 1. The monoisotopic (exact) mass is 282 g/mol. The number of nitrogen functional groups attached to an aromatic ring is 1. The van der Waals surface area contributed by atoms with Gasteiger partial charge in [-0.15, -0.1) is 5.06 Å². The zero-order valence-electron chi connectivity index (χ0n) is 11.3. The van der Waals surface area contributed by atoms with Gasteiger partial charge in [0.1, 0.15) is 0 Å². The van der Waals surface area contributed by atoms with Gasteiger partial charge < -0.3 is 5.73 Å². The van der Waals surface area contributed by atoms with Crippen LogP contribution in [0.25, 0.3) is 0 Å². The molecule has 1 aliphatic rings. The molecule has 3 rings (SSSR count). The van der Waals surface area contributed by atoms with Crippen molar-refractivity contribution in [3.8, 4) is 0 Å². The maximum Gasteiger partial charge on any atom is 0.285 e. The molecule has 0 radical (unpaired) electrons. The van der Waals surface area contributed by atoms with Crippen molar-refractivity contribution >= 4 is 17.5 Å². The number of carbonyl (C=O) groups is 2. The van der Waals surface area contributed by atoms with Gasteiger partial charge in [0.15, 0.2) is 0 Å². The van der Waals surface area contributed by atoms with Crippen molar-refractivity contribution in [1.82, 2.24) is 5.06 Å². The van der Waals surface area contributed by atoms with Crippen molar-refractivity contribution in [2.45, 2.75) is 6.42 Å². The zero-order valence-corrected chi connectivity index (χ0v) is 11.3. The summed E-state index contributed by atoms with van der Waals surface area (Å²) in [5, 5.41) is 0.835. The summed E-state index contributed by atoms with van der Waals surface area (Å²) in [6.07, 6.45) is 0.591. The first kappa shape index (κ1) is 13.3. The first-order valence-corrected chi connectivity index (χ1v) is 6.62. The largest absolute Gasteiger partial charge is 0.399 e. The summed E-state index contributed by atoms with van der Waals surface area (Å²) >= 11 is 0. The topological polar surface area (TPSA) is 72.6 Å². The molecule has 2 aromatic rings. The first-order chi connectivity index (χ1) is 10.2. The van der Waals surface area contributed by atoms with E-state index in [2.05, 4.69) is 0 Å². The normalized spacial score (nSPS) is 13.6. The molecule has 5 heteroatoms. The van der Waals surface area contributed by atoms with E-state index in [1.807, 2.05) is 12.1 Å². The Kier molecular flexibility index (Phi) is 3.41. The lowest BCUT2D eigenvalue weighted by atomic mass is 10.1. The molecule has 0 bridgehead atoms. The van der Waals surface area contributed by atoms with Crippen LogP contribution in [0.3, 0.4) is 0 Å². The van der Waals surface area contributed by atoms with Gasteiger partial charge in [-0.25, -0.2) is 0 Å². The summed E-state index contributed by atoms with van der Waals surface area (Å²) in [7, 11) is 0. The molecule has 0 aliphatic carbocycles. The number of rotatable bonds is 4. The number of nitrogens with zero attached hydrogens (tertiary/aromatic N) is 1. The van der Waals surface area contributed by atoms with Crippen LogP contribution >= 0.6 is 0 Å². The van der Waals surface area contributed by atoms with Crippen LogP contribution in [-0.4, -0.2) is 23.5 Å². The summed E-state index contributed by atoms with van der Waals surface area (Å²) < 4.78 is 0. The number of benzene rings is 2. The molecule has 2 N–H and O–H groups in total. The Morgan fingerprint density at radius 3 is 2.05 bits per heavy atom. The second-order valence-electron chi connectivity index (χ2n) is 4.78. The smallest absolute Gasteiger partial charge is 0.285 e. The van der Waals surface area contributed by atoms with Crippen LogP contribution in [0.1, 0.15) is 26.3 Å². The molecule has 21 heavy (non-hydrogen) atoms. The van der Waals surface area contributed by atoms with Crippen LogP contribution in [0.2, 0.25) is 0 Å². The standard InChI is InChI=1S/C16H14N2O3/c17-12-7-5-11(6-8-12)9-10-21-18-15(19)13-3-1-2-4-14(13)16(18)20/h1-8H,9-10,17H2. The van der Waals surface area contributed by atoms with Crippen molar-refractivity contribution in [3.63, 3.8) is 0 Å². The molecule has 2 aromatic carbocycles. The predicted molar refractivity (Wildman–Crippen MR) is 77.5 cm³/mol. The van der Waals surface area contributed by atoms with Crippen LogP contribution in [0.5, 0.6) is 0 Å². The van der Waals surface area contributed by atoms with Gasteiger partial charge in [-0.3, -0.25) is 14.4 Å². The van der Waals surface area contributed by atoms with Crippen LogP contribution < -0.4 is 5.73 Å². The highest BCUT2D eigenvalue weighted by Crippen LogP contribution is 2.22. The molecule has 0 saturated carbocycles. The van der Waals surface area contributed by atoms with E-state index in [1.165, 1.54) is 0 Å². The average molecular weight is 282 g/mol. The quantitative estimate of drug-likeness (QED) is 0.688. The Labute approximate surface area is 121 Å². The number of imide groups is 1. The fourth-order valence-corrected chi connectivity index (χ4v) is 2.22. The molecule has 0 unspecified atom stereocenters. The lowest BCUT2D eigenvalue weighted by Gasteiger charge is -2.13. The third-order valence-corrected chi connectivity index (χ3v) is 3.35. The maximum absolute atomic E-state index is 12.1. The van der Waals surface area contributed by atoms with E-state index in [4.69, 9.17) is 10.6 Å². The van der Waals surface area contributed by atoms with E-state index in [0.29, 0.717) is 23.2 Å². The number of nitrogens with two attached hydrogens (primary N) is 1. The molecule has 0 atom stereocenters. The van der Waals surface area contributed by atoms with Gasteiger partial charge in [-0.05, 0) is 36.2 Å². The van der Waals surface area contributed by atoms with Crippen LogP contribution in [0.15, 0.2) is 48.5 Å². The lowest BCUT2D eigenvalue weighted by molar-refractivity contribution is -0.0902. The number of amides is 2. The Morgan fingerprint density at radius 1 is 0.905 bits per heavy atom. The third-order valence-electron chi connectivity index (χ3n) is 3.35. The van der Waals surface area contributed by atoms with Gasteiger partial charge in [-0.1, -0.05) is 24.3 Å². The Balaban J connectivity index is 1.63. The van der Waals surface area contributed by atoms with Crippen LogP contribution in [-0.2, 0) is 11.3 Å². The van der Waals surface area contributed by atoms with E-state index in [9.17, 15) is 9.59 Å². The molecule has 0 aromatic heterocycles.